The summed E-state index contributed by atoms with van der Waals surface area (Å²) in [5, 5.41) is 0. The van der Waals surface area contributed by atoms with Gasteiger partial charge < -0.3 is 15.5 Å². The molecule has 0 fully saturated rings. The van der Waals surface area contributed by atoms with Gasteiger partial charge in [-0.2, -0.15) is 0 Å². The Hall–Kier alpha value is -1.73. The first-order chi connectivity index (χ1) is 8.63. The molecular weight excluding hydrogens is 305 g/mol. The van der Waals surface area contributed by atoms with E-state index in [9.17, 15) is 9.18 Å². The van der Waals surface area contributed by atoms with E-state index in [-0.39, 0.29) is 33.8 Å². The highest BCUT2D eigenvalue weighted by Crippen LogP contribution is 2.28. The molecule has 0 bridgehead atoms. The van der Waals surface area contributed by atoms with Crippen molar-refractivity contribution in [1.82, 2.24) is 9.97 Å². The third-order valence-electron chi connectivity index (χ3n) is 2.25. The molecule has 0 unspecified atom stereocenters. The fraction of sp³-hybridized carbons (Fsp3) is 0.0909. The van der Waals surface area contributed by atoms with E-state index in [1.807, 2.05) is 0 Å². The summed E-state index contributed by atoms with van der Waals surface area (Å²) in [6, 6.07) is 4.33. The molecule has 0 atom stereocenters. The minimum absolute atomic E-state index is 0.0111. The second-order valence-corrected chi connectivity index (χ2v) is 4.17. The van der Waals surface area contributed by atoms with Crippen molar-refractivity contribution >= 4 is 15.9 Å². The van der Waals surface area contributed by atoms with E-state index < -0.39 is 5.82 Å². The Balaban J connectivity index is 2.43. The van der Waals surface area contributed by atoms with Crippen molar-refractivity contribution in [1.29, 1.82) is 0 Å². The lowest BCUT2D eigenvalue weighted by Gasteiger charge is -2.10. The molecule has 0 spiro atoms. The van der Waals surface area contributed by atoms with Crippen LogP contribution >= 0.6 is 15.9 Å². The second-order valence-electron chi connectivity index (χ2n) is 3.37. The van der Waals surface area contributed by atoms with Crippen LogP contribution in [0.4, 0.5) is 4.39 Å². The van der Waals surface area contributed by atoms with Crippen molar-refractivity contribution in [2.75, 3.05) is 0 Å². The van der Waals surface area contributed by atoms with Gasteiger partial charge in [-0.15, -0.1) is 0 Å². The van der Waals surface area contributed by atoms with Gasteiger partial charge in [0.2, 0.25) is 5.88 Å². The molecule has 18 heavy (non-hydrogen) atoms. The van der Waals surface area contributed by atoms with Crippen molar-refractivity contribution < 1.29 is 9.13 Å². The van der Waals surface area contributed by atoms with Crippen LogP contribution < -0.4 is 16.0 Å². The first-order valence-electron chi connectivity index (χ1n) is 5.02. The van der Waals surface area contributed by atoms with E-state index in [1.165, 1.54) is 18.5 Å². The van der Waals surface area contributed by atoms with Gasteiger partial charge in [-0.05, 0) is 28.1 Å². The highest BCUT2D eigenvalue weighted by Gasteiger charge is 2.12. The quantitative estimate of drug-likeness (QED) is 0.907. The van der Waals surface area contributed by atoms with Crippen LogP contribution in [0.5, 0.6) is 11.6 Å². The number of ether oxygens (including phenoxy) is 1. The van der Waals surface area contributed by atoms with Gasteiger partial charge in [-0.25, -0.2) is 9.37 Å². The van der Waals surface area contributed by atoms with E-state index in [0.29, 0.717) is 0 Å². The van der Waals surface area contributed by atoms with E-state index in [0.717, 1.165) is 0 Å². The zero-order chi connectivity index (χ0) is 13.1. The number of aromatic amines is 1. The largest absolute Gasteiger partial charge is 0.437 e. The van der Waals surface area contributed by atoms with Crippen molar-refractivity contribution in [2.24, 2.45) is 5.73 Å². The van der Waals surface area contributed by atoms with Gasteiger partial charge in [0.25, 0.3) is 5.56 Å². The summed E-state index contributed by atoms with van der Waals surface area (Å²) in [5.41, 5.74) is 5.30. The van der Waals surface area contributed by atoms with E-state index >= 15 is 0 Å². The summed E-state index contributed by atoms with van der Waals surface area (Å²) in [7, 11) is 0. The van der Waals surface area contributed by atoms with E-state index in [1.54, 1.807) is 6.07 Å². The number of rotatable bonds is 3. The molecule has 1 aromatic heterocycles. The molecule has 0 aliphatic carbocycles. The maximum absolute atomic E-state index is 13.5. The summed E-state index contributed by atoms with van der Waals surface area (Å²) in [4.78, 5) is 17.6. The van der Waals surface area contributed by atoms with E-state index in [4.69, 9.17) is 10.5 Å². The molecule has 0 saturated carbocycles. The number of hydrogen-bond acceptors (Lipinski definition) is 4. The van der Waals surface area contributed by atoms with Crippen LogP contribution in [0.1, 0.15) is 5.56 Å². The lowest BCUT2D eigenvalue weighted by atomic mass is 10.2. The van der Waals surface area contributed by atoms with Crippen molar-refractivity contribution in [3.8, 4) is 11.6 Å². The summed E-state index contributed by atoms with van der Waals surface area (Å²) in [6.45, 7) is -0.0111. The SMILES string of the molecule is NCc1c(F)cccc1Oc1nc[nH]c(=O)c1Br. The molecule has 1 aromatic carbocycles. The molecule has 0 radical (unpaired) electrons. The minimum atomic E-state index is -0.462. The normalized spacial score (nSPS) is 10.4. The summed E-state index contributed by atoms with van der Waals surface area (Å²) in [5.74, 6) is -0.175. The van der Waals surface area contributed by atoms with Crippen LogP contribution in [0.15, 0.2) is 33.8 Å². The summed E-state index contributed by atoms with van der Waals surface area (Å²) in [6.07, 6.45) is 1.20. The number of halogens is 2. The molecule has 3 N–H and O–H groups in total. The van der Waals surface area contributed by atoms with Crippen LogP contribution in [0.2, 0.25) is 0 Å². The molecule has 94 valence electrons. The highest BCUT2D eigenvalue weighted by atomic mass is 79.9. The summed E-state index contributed by atoms with van der Waals surface area (Å²) < 4.78 is 19.0. The highest BCUT2D eigenvalue weighted by molar-refractivity contribution is 9.10. The fourth-order valence-electron chi connectivity index (χ4n) is 1.37. The molecule has 0 amide bonds. The number of nitrogens with one attached hydrogen (secondary N) is 1. The van der Waals surface area contributed by atoms with Crippen LogP contribution in [0.3, 0.4) is 0 Å². The predicted molar refractivity (Wildman–Crippen MR) is 66.9 cm³/mol. The molecule has 1 heterocycles. The predicted octanol–water partition coefficient (Wildman–Crippen LogP) is 1.92. The van der Waals surface area contributed by atoms with Crippen LogP contribution in [0, 0.1) is 5.82 Å². The van der Waals surface area contributed by atoms with Gasteiger partial charge in [0.05, 0.1) is 6.33 Å². The number of nitrogens with two attached hydrogens (primary N) is 1. The molecule has 5 nitrogen and oxygen atoms in total. The zero-order valence-corrected chi connectivity index (χ0v) is 10.7. The van der Waals surface area contributed by atoms with Gasteiger partial charge in [0, 0.05) is 12.1 Å². The number of hydrogen-bond donors (Lipinski definition) is 2. The Labute approximate surface area is 110 Å². The number of benzene rings is 1. The Morgan fingerprint density at radius 1 is 1.50 bits per heavy atom. The maximum atomic E-state index is 13.5. The van der Waals surface area contributed by atoms with Crippen molar-refractivity contribution in [3.63, 3.8) is 0 Å². The third kappa shape index (κ3) is 2.41. The van der Waals surface area contributed by atoms with Crippen LogP contribution in [-0.4, -0.2) is 9.97 Å². The van der Waals surface area contributed by atoms with Gasteiger partial charge in [-0.1, -0.05) is 6.07 Å². The van der Waals surface area contributed by atoms with Gasteiger partial charge >= 0.3 is 0 Å². The van der Waals surface area contributed by atoms with Gasteiger partial charge in [-0.3, -0.25) is 4.79 Å². The molecule has 2 aromatic rings. The average Bonchev–Trinajstić information content (AvgIpc) is 2.35. The Morgan fingerprint density at radius 3 is 3.00 bits per heavy atom. The Bertz CT molecular complexity index is 630. The molecule has 0 aliphatic heterocycles. The van der Waals surface area contributed by atoms with Crippen LogP contribution in [-0.2, 0) is 6.54 Å². The van der Waals surface area contributed by atoms with Gasteiger partial charge in [0.15, 0.2) is 0 Å². The second kappa shape index (κ2) is 5.28. The number of aromatic nitrogens is 2. The lowest BCUT2D eigenvalue weighted by molar-refractivity contribution is 0.444. The third-order valence-corrected chi connectivity index (χ3v) is 2.95. The molecule has 0 saturated heterocycles. The number of nitrogens with zero attached hydrogens (tertiary/aromatic N) is 1. The monoisotopic (exact) mass is 313 g/mol. The molecule has 2 rings (SSSR count). The fourth-order valence-corrected chi connectivity index (χ4v) is 1.67. The Morgan fingerprint density at radius 2 is 2.28 bits per heavy atom. The topological polar surface area (TPSA) is 81.0 Å². The first-order valence-corrected chi connectivity index (χ1v) is 5.81. The Kier molecular flexibility index (Phi) is 3.73. The zero-order valence-electron chi connectivity index (χ0n) is 9.11. The van der Waals surface area contributed by atoms with Crippen molar-refractivity contribution in [3.05, 3.63) is 50.7 Å². The van der Waals surface area contributed by atoms with E-state index in [2.05, 4.69) is 25.9 Å². The lowest BCUT2D eigenvalue weighted by Crippen LogP contribution is -2.09. The standard InChI is InChI=1S/C11H9BrFN3O2/c12-9-10(17)15-5-16-11(9)18-8-3-1-2-7(13)6(8)4-14/h1-3,5H,4,14H2,(H,15,16,17). The molecular formula is C11H9BrFN3O2. The van der Waals surface area contributed by atoms with Crippen LogP contribution in [0.25, 0.3) is 0 Å². The summed E-state index contributed by atoms with van der Waals surface area (Å²) >= 11 is 3.05. The maximum Gasteiger partial charge on any atom is 0.268 e. The van der Waals surface area contributed by atoms with Gasteiger partial charge in [0.1, 0.15) is 16.0 Å². The average molecular weight is 314 g/mol. The first kappa shape index (κ1) is 12.7. The molecule has 0 aliphatic rings. The number of H-pyrrole nitrogens is 1. The smallest absolute Gasteiger partial charge is 0.268 e. The van der Waals surface area contributed by atoms with Crippen molar-refractivity contribution in [2.45, 2.75) is 6.54 Å². The minimum Gasteiger partial charge on any atom is -0.437 e. The molecule has 7 heteroatoms.